The van der Waals surface area contributed by atoms with E-state index in [1.54, 1.807) is 6.26 Å². The average Bonchev–Trinajstić information content (AvgIpc) is 2.36. The number of rotatable bonds is 7. The van der Waals surface area contributed by atoms with Crippen LogP contribution >= 0.6 is 11.8 Å². The Bertz CT molecular complexity index is 378. The van der Waals surface area contributed by atoms with E-state index < -0.39 is 10.8 Å². The molecule has 4 heteroatoms. The molecule has 0 aliphatic carbocycles. The highest BCUT2D eigenvalue weighted by atomic mass is 32.2. The van der Waals surface area contributed by atoms with E-state index in [2.05, 4.69) is 37.6 Å². The van der Waals surface area contributed by atoms with E-state index in [4.69, 9.17) is 0 Å². The van der Waals surface area contributed by atoms with Crippen molar-refractivity contribution < 1.29 is 4.21 Å². The Morgan fingerprint density at radius 1 is 1.28 bits per heavy atom. The van der Waals surface area contributed by atoms with Crippen LogP contribution in [0.5, 0.6) is 0 Å². The van der Waals surface area contributed by atoms with Gasteiger partial charge in [0, 0.05) is 34.0 Å². The number of hydrogen-bond acceptors (Lipinski definition) is 3. The molecule has 102 valence electrons. The second kappa shape index (κ2) is 7.97. The highest BCUT2D eigenvalue weighted by Crippen LogP contribution is 2.16. The van der Waals surface area contributed by atoms with Crippen molar-refractivity contribution >= 4 is 22.6 Å². The SMILES string of the molecule is CSCC[C@H](C)N[C@@H](C)c1ccc([S@](C)=O)cc1. The van der Waals surface area contributed by atoms with E-state index in [9.17, 15) is 4.21 Å². The minimum absolute atomic E-state index is 0.334. The maximum atomic E-state index is 11.3. The maximum absolute atomic E-state index is 11.3. The summed E-state index contributed by atoms with van der Waals surface area (Å²) < 4.78 is 11.3. The van der Waals surface area contributed by atoms with Crippen LogP contribution in [-0.2, 0) is 10.8 Å². The first kappa shape index (κ1) is 15.7. The van der Waals surface area contributed by atoms with E-state index in [-0.39, 0.29) is 0 Å². The Hall–Kier alpha value is -0.320. The van der Waals surface area contributed by atoms with Gasteiger partial charge in [0.1, 0.15) is 0 Å². The van der Waals surface area contributed by atoms with Crippen LogP contribution in [0.2, 0.25) is 0 Å². The molecule has 1 rings (SSSR count). The standard InChI is InChI=1S/C14H23NOS2/c1-11(9-10-17-3)15-12(2)13-5-7-14(8-6-13)18(4)16/h5-8,11-12,15H,9-10H2,1-4H3/t11-,12-,18-/m0/s1. The van der Waals surface area contributed by atoms with Gasteiger partial charge in [-0.25, -0.2) is 0 Å². The second-order valence-electron chi connectivity index (χ2n) is 4.59. The molecule has 0 bridgehead atoms. The average molecular weight is 285 g/mol. The topological polar surface area (TPSA) is 29.1 Å². The summed E-state index contributed by atoms with van der Waals surface area (Å²) in [5, 5.41) is 3.59. The van der Waals surface area contributed by atoms with Crippen molar-refractivity contribution in [3.05, 3.63) is 29.8 Å². The molecule has 0 aromatic heterocycles. The molecule has 0 radical (unpaired) electrons. The van der Waals surface area contributed by atoms with Gasteiger partial charge < -0.3 is 5.32 Å². The first-order chi connectivity index (χ1) is 8.54. The molecule has 1 aromatic carbocycles. The largest absolute Gasteiger partial charge is 0.308 e. The molecule has 1 aromatic rings. The van der Waals surface area contributed by atoms with E-state index in [1.807, 2.05) is 23.9 Å². The Balaban J connectivity index is 2.55. The van der Waals surface area contributed by atoms with Crippen LogP contribution in [0.1, 0.15) is 31.9 Å². The summed E-state index contributed by atoms with van der Waals surface area (Å²) in [5.74, 6) is 1.19. The Morgan fingerprint density at radius 3 is 2.39 bits per heavy atom. The summed E-state index contributed by atoms with van der Waals surface area (Å²) in [6.45, 7) is 4.40. The third-order valence-corrected chi connectivity index (χ3v) is 4.58. The highest BCUT2D eigenvalue weighted by Gasteiger charge is 2.09. The number of hydrogen-bond donors (Lipinski definition) is 1. The van der Waals surface area contributed by atoms with Crippen LogP contribution in [0.3, 0.4) is 0 Å². The Morgan fingerprint density at radius 2 is 1.89 bits per heavy atom. The monoisotopic (exact) mass is 285 g/mol. The molecule has 0 spiro atoms. The van der Waals surface area contributed by atoms with Crippen molar-refractivity contribution in [2.24, 2.45) is 0 Å². The lowest BCUT2D eigenvalue weighted by Gasteiger charge is -2.20. The molecular formula is C14H23NOS2. The minimum atomic E-state index is -0.889. The molecule has 18 heavy (non-hydrogen) atoms. The van der Waals surface area contributed by atoms with Gasteiger partial charge in [-0.2, -0.15) is 11.8 Å². The highest BCUT2D eigenvalue weighted by molar-refractivity contribution is 7.98. The molecule has 0 amide bonds. The minimum Gasteiger partial charge on any atom is -0.308 e. The number of benzene rings is 1. The third-order valence-electron chi connectivity index (χ3n) is 3.00. The van der Waals surface area contributed by atoms with Crippen LogP contribution in [-0.4, -0.2) is 28.5 Å². The fourth-order valence-corrected chi connectivity index (χ4v) is 2.96. The summed E-state index contributed by atoms with van der Waals surface area (Å²) in [7, 11) is -0.889. The lowest BCUT2D eigenvalue weighted by molar-refractivity contribution is 0.471. The van der Waals surface area contributed by atoms with Gasteiger partial charge in [-0.15, -0.1) is 0 Å². The second-order valence-corrected chi connectivity index (χ2v) is 6.96. The third kappa shape index (κ3) is 5.12. The quantitative estimate of drug-likeness (QED) is 0.834. The molecule has 0 aliphatic heterocycles. The lowest BCUT2D eigenvalue weighted by Crippen LogP contribution is -2.29. The summed E-state index contributed by atoms with van der Waals surface area (Å²) in [6, 6.07) is 8.89. The van der Waals surface area contributed by atoms with Gasteiger partial charge in [-0.1, -0.05) is 12.1 Å². The van der Waals surface area contributed by atoms with Gasteiger partial charge in [0.15, 0.2) is 0 Å². The molecule has 0 saturated heterocycles. The van der Waals surface area contributed by atoms with E-state index >= 15 is 0 Å². The van der Waals surface area contributed by atoms with E-state index in [0.29, 0.717) is 12.1 Å². The number of nitrogens with one attached hydrogen (secondary N) is 1. The normalized spacial score (nSPS) is 16.2. The summed E-state index contributed by atoms with van der Waals surface area (Å²) in [4.78, 5) is 0.890. The Kier molecular flexibility index (Phi) is 6.97. The van der Waals surface area contributed by atoms with E-state index in [0.717, 1.165) is 4.90 Å². The van der Waals surface area contributed by atoms with E-state index in [1.165, 1.54) is 17.7 Å². The zero-order chi connectivity index (χ0) is 13.5. The molecule has 1 N–H and O–H groups in total. The van der Waals surface area contributed by atoms with Gasteiger partial charge in [0.2, 0.25) is 0 Å². The fraction of sp³-hybridized carbons (Fsp3) is 0.571. The van der Waals surface area contributed by atoms with Crippen LogP contribution in [0.15, 0.2) is 29.2 Å². The van der Waals surface area contributed by atoms with Crippen molar-refractivity contribution in [3.63, 3.8) is 0 Å². The van der Waals surface area contributed by atoms with Crippen molar-refractivity contribution in [2.45, 2.75) is 37.2 Å². The van der Waals surface area contributed by atoms with Crippen molar-refractivity contribution in [1.82, 2.24) is 5.32 Å². The van der Waals surface area contributed by atoms with Crippen LogP contribution in [0.4, 0.5) is 0 Å². The molecule has 0 aliphatic rings. The van der Waals surface area contributed by atoms with Crippen molar-refractivity contribution in [3.8, 4) is 0 Å². The van der Waals surface area contributed by atoms with Gasteiger partial charge in [-0.3, -0.25) is 4.21 Å². The summed E-state index contributed by atoms with van der Waals surface area (Å²) >= 11 is 1.88. The van der Waals surface area contributed by atoms with Gasteiger partial charge in [0.25, 0.3) is 0 Å². The van der Waals surface area contributed by atoms with Crippen molar-refractivity contribution in [2.75, 3.05) is 18.3 Å². The number of thioether (sulfide) groups is 1. The van der Waals surface area contributed by atoms with Crippen LogP contribution in [0.25, 0.3) is 0 Å². The maximum Gasteiger partial charge on any atom is 0.0498 e. The predicted molar refractivity (Wildman–Crippen MR) is 82.8 cm³/mol. The molecule has 0 heterocycles. The van der Waals surface area contributed by atoms with Gasteiger partial charge in [0.05, 0.1) is 0 Å². The lowest BCUT2D eigenvalue weighted by atomic mass is 10.1. The summed E-state index contributed by atoms with van der Waals surface area (Å²) in [6.07, 6.45) is 5.03. The molecule has 2 nitrogen and oxygen atoms in total. The van der Waals surface area contributed by atoms with Crippen molar-refractivity contribution in [1.29, 1.82) is 0 Å². The molecule has 0 unspecified atom stereocenters. The molecule has 3 atom stereocenters. The zero-order valence-electron chi connectivity index (χ0n) is 11.6. The first-order valence-corrected chi connectivity index (χ1v) is 9.18. The molecule has 0 fully saturated rings. The van der Waals surface area contributed by atoms with Gasteiger partial charge in [-0.05, 0) is 50.0 Å². The van der Waals surface area contributed by atoms with Crippen LogP contribution < -0.4 is 5.32 Å². The fourth-order valence-electron chi connectivity index (χ4n) is 1.85. The zero-order valence-corrected chi connectivity index (χ0v) is 13.2. The van der Waals surface area contributed by atoms with Gasteiger partial charge >= 0.3 is 0 Å². The first-order valence-electron chi connectivity index (χ1n) is 6.23. The Labute approximate surface area is 117 Å². The summed E-state index contributed by atoms with van der Waals surface area (Å²) in [5.41, 5.74) is 1.25. The molecule has 0 saturated carbocycles. The predicted octanol–water partition coefficient (Wildman–Crippen LogP) is 3.22. The van der Waals surface area contributed by atoms with Crippen LogP contribution in [0, 0.1) is 0 Å². The molecular weight excluding hydrogens is 262 g/mol. The smallest absolute Gasteiger partial charge is 0.0498 e.